The smallest absolute Gasteiger partial charge is 0.271 e. The van der Waals surface area contributed by atoms with E-state index in [1.807, 2.05) is 32.0 Å². The Morgan fingerprint density at radius 1 is 1.12 bits per heavy atom. The fourth-order valence-corrected chi connectivity index (χ4v) is 2.24. The maximum atomic E-state index is 12.1. The van der Waals surface area contributed by atoms with Crippen LogP contribution in [-0.2, 0) is 0 Å². The second-order valence-corrected chi connectivity index (χ2v) is 5.21. The zero-order valence-corrected chi connectivity index (χ0v) is 14.6. The van der Waals surface area contributed by atoms with Crippen LogP contribution < -0.4 is 14.9 Å². The van der Waals surface area contributed by atoms with E-state index in [0.717, 1.165) is 5.56 Å². The van der Waals surface area contributed by atoms with Crippen LogP contribution in [0.1, 0.15) is 36.7 Å². The molecule has 0 spiro atoms. The maximum Gasteiger partial charge on any atom is 0.271 e. The highest BCUT2D eigenvalue weighted by Crippen LogP contribution is 2.25. The van der Waals surface area contributed by atoms with Gasteiger partial charge in [-0.2, -0.15) is 5.10 Å². The minimum absolute atomic E-state index is 0.0244. The Morgan fingerprint density at radius 2 is 1.88 bits per heavy atom. The first kappa shape index (κ1) is 18.3. The largest absolute Gasteiger partial charge is 0.508 e. The molecule has 0 atom stereocenters. The van der Waals surface area contributed by atoms with Crippen molar-refractivity contribution >= 4 is 11.6 Å². The first-order valence-corrected chi connectivity index (χ1v) is 8.08. The summed E-state index contributed by atoms with van der Waals surface area (Å²) < 4.78 is 11.1. The molecule has 0 saturated heterocycles. The summed E-state index contributed by atoms with van der Waals surface area (Å²) in [6.45, 7) is 6.65. The number of phenolic OH excluding ortho intramolecular Hbond substituents is 1. The minimum Gasteiger partial charge on any atom is -0.508 e. The van der Waals surface area contributed by atoms with E-state index >= 15 is 0 Å². The molecule has 2 aromatic carbocycles. The number of nitrogens with zero attached hydrogens (tertiary/aromatic N) is 1. The number of amides is 1. The SMILES string of the molecule is CCOc1ccc(OCC)c(/C(C)=N\NC(=O)c2cccc(O)c2)c1. The molecule has 1 amide bonds. The lowest BCUT2D eigenvalue weighted by Gasteiger charge is -2.12. The molecule has 0 fully saturated rings. The molecule has 0 bridgehead atoms. The van der Waals surface area contributed by atoms with Gasteiger partial charge >= 0.3 is 0 Å². The number of phenols is 1. The van der Waals surface area contributed by atoms with Crippen molar-refractivity contribution in [2.45, 2.75) is 20.8 Å². The fourth-order valence-electron chi connectivity index (χ4n) is 2.24. The molecular formula is C19H22N2O4. The molecule has 0 unspecified atom stereocenters. The first-order valence-electron chi connectivity index (χ1n) is 8.08. The molecule has 6 heteroatoms. The lowest BCUT2D eigenvalue weighted by Crippen LogP contribution is -2.19. The highest BCUT2D eigenvalue weighted by atomic mass is 16.5. The maximum absolute atomic E-state index is 12.1. The van der Waals surface area contributed by atoms with Gasteiger partial charge in [-0.05, 0) is 57.2 Å². The molecule has 0 aliphatic heterocycles. The van der Waals surface area contributed by atoms with Crippen molar-refractivity contribution in [1.29, 1.82) is 0 Å². The lowest BCUT2D eigenvalue weighted by molar-refractivity contribution is 0.0954. The topological polar surface area (TPSA) is 80.2 Å². The van der Waals surface area contributed by atoms with Crippen molar-refractivity contribution in [3.63, 3.8) is 0 Å². The molecule has 0 radical (unpaired) electrons. The fraction of sp³-hybridized carbons (Fsp3) is 0.263. The third kappa shape index (κ3) is 4.97. The molecule has 25 heavy (non-hydrogen) atoms. The summed E-state index contributed by atoms with van der Waals surface area (Å²) in [6.07, 6.45) is 0. The number of carbonyl (C=O) groups is 1. The molecule has 0 aliphatic carbocycles. The Kier molecular flexibility index (Phi) is 6.39. The molecule has 0 saturated carbocycles. The first-order chi connectivity index (χ1) is 12.0. The molecule has 2 N–H and O–H groups in total. The second kappa shape index (κ2) is 8.73. The number of benzene rings is 2. The zero-order chi connectivity index (χ0) is 18.2. The quantitative estimate of drug-likeness (QED) is 0.597. The summed E-state index contributed by atoms with van der Waals surface area (Å²) in [5.41, 5.74) is 4.13. The van der Waals surface area contributed by atoms with Crippen LogP contribution in [0.3, 0.4) is 0 Å². The van der Waals surface area contributed by atoms with Crippen LogP contribution >= 0.6 is 0 Å². The van der Waals surface area contributed by atoms with Gasteiger partial charge in [0.2, 0.25) is 0 Å². The van der Waals surface area contributed by atoms with Crippen LogP contribution in [0.15, 0.2) is 47.6 Å². The van der Waals surface area contributed by atoms with Gasteiger partial charge in [-0.1, -0.05) is 6.07 Å². The Balaban J connectivity index is 2.22. The highest BCUT2D eigenvalue weighted by Gasteiger charge is 2.11. The average Bonchev–Trinajstić information content (AvgIpc) is 2.61. The van der Waals surface area contributed by atoms with Crippen LogP contribution in [-0.4, -0.2) is 29.9 Å². The molecule has 2 aromatic rings. The predicted octanol–water partition coefficient (Wildman–Crippen LogP) is 3.34. The van der Waals surface area contributed by atoms with Gasteiger partial charge in [-0.3, -0.25) is 4.79 Å². The Hall–Kier alpha value is -3.02. The van der Waals surface area contributed by atoms with Gasteiger partial charge in [0.15, 0.2) is 0 Å². The van der Waals surface area contributed by atoms with Crippen LogP contribution in [0.2, 0.25) is 0 Å². The number of rotatable bonds is 7. The number of hydrazone groups is 1. The van der Waals surface area contributed by atoms with E-state index in [4.69, 9.17) is 9.47 Å². The van der Waals surface area contributed by atoms with E-state index < -0.39 is 5.91 Å². The number of aromatic hydroxyl groups is 1. The monoisotopic (exact) mass is 342 g/mol. The summed E-state index contributed by atoms with van der Waals surface area (Å²) in [4.78, 5) is 12.1. The molecule has 6 nitrogen and oxygen atoms in total. The molecule has 0 aromatic heterocycles. The third-order valence-electron chi connectivity index (χ3n) is 3.39. The van der Waals surface area contributed by atoms with E-state index in [1.54, 1.807) is 19.1 Å². The van der Waals surface area contributed by atoms with Gasteiger partial charge in [-0.15, -0.1) is 0 Å². The summed E-state index contributed by atoms with van der Waals surface area (Å²) in [7, 11) is 0. The van der Waals surface area contributed by atoms with Crippen molar-refractivity contribution in [3.05, 3.63) is 53.6 Å². The van der Waals surface area contributed by atoms with Crippen molar-refractivity contribution < 1.29 is 19.4 Å². The third-order valence-corrected chi connectivity index (χ3v) is 3.39. The summed E-state index contributed by atoms with van der Waals surface area (Å²) in [5.74, 6) is 0.985. The summed E-state index contributed by atoms with van der Waals surface area (Å²) in [5, 5.41) is 13.6. The number of hydrogen-bond acceptors (Lipinski definition) is 5. The van der Waals surface area contributed by atoms with Gasteiger partial charge in [0.05, 0.1) is 18.9 Å². The number of carbonyl (C=O) groups excluding carboxylic acids is 1. The Bertz CT molecular complexity index is 772. The van der Waals surface area contributed by atoms with Crippen LogP contribution in [0.5, 0.6) is 17.2 Å². The van der Waals surface area contributed by atoms with Crippen LogP contribution in [0, 0.1) is 0 Å². The number of nitrogens with one attached hydrogen (secondary N) is 1. The van der Waals surface area contributed by atoms with E-state index in [1.165, 1.54) is 12.1 Å². The normalized spacial score (nSPS) is 11.1. The number of hydrogen-bond donors (Lipinski definition) is 2. The zero-order valence-electron chi connectivity index (χ0n) is 14.6. The average molecular weight is 342 g/mol. The predicted molar refractivity (Wildman–Crippen MR) is 96.6 cm³/mol. The van der Waals surface area contributed by atoms with Crippen molar-refractivity contribution in [2.24, 2.45) is 5.10 Å². The number of ether oxygens (including phenoxy) is 2. The van der Waals surface area contributed by atoms with E-state index in [-0.39, 0.29) is 5.75 Å². The van der Waals surface area contributed by atoms with Crippen molar-refractivity contribution in [3.8, 4) is 17.2 Å². The lowest BCUT2D eigenvalue weighted by atomic mass is 10.1. The van der Waals surface area contributed by atoms with Crippen LogP contribution in [0.25, 0.3) is 0 Å². The molecule has 132 valence electrons. The van der Waals surface area contributed by atoms with Gasteiger partial charge in [0.25, 0.3) is 5.91 Å². The van der Waals surface area contributed by atoms with Crippen molar-refractivity contribution in [1.82, 2.24) is 5.43 Å². The van der Waals surface area contributed by atoms with Crippen LogP contribution in [0.4, 0.5) is 0 Å². The minimum atomic E-state index is -0.408. The molecule has 2 rings (SSSR count). The Morgan fingerprint density at radius 3 is 2.56 bits per heavy atom. The standard InChI is InChI=1S/C19H22N2O4/c1-4-24-16-9-10-18(25-5-2)17(12-16)13(3)20-21-19(23)14-7-6-8-15(22)11-14/h6-12,22H,4-5H2,1-3H3,(H,21,23)/b20-13-. The second-order valence-electron chi connectivity index (χ2n) is 5.21. The summed E-state index contributed by atoms with van der Waals surface area (Å²) in [6, 6.07) is 11.5. The van der Waals surface area contributed by atoms with Gasteiger partial charge < -0.3 is 14.6 Å². The van der Waals surface area contributed by atoms with Crippen molar-refractivity contribution in [2.75, 3.05) is 13.2 Å². The summed E-state index contributed by atoms with van der Waals surface area (Å²) >= 11 is 0. The molecular weight excluding hydrogens is 320 g/mol. The van der Waals surface area contributed by atoms with Gasteiger partial charge in [0.1, 0.15) is 17.2 Å². The van der Waals surface area contributed by atoms with Gasteiger partial charge in [0, 0.05) is 11.1 Å². The Labute approximate surface area is 147 Å². The van der Waals surface area contributed by atoms with Gasteiger partial charge in [-0.25, -0.2) is 5.43 Å². The molecule has 0 aliphatic rings. The van der Waals surface area contributed by atoms with E-state index in [2.05, 4.69) is 10.5 Å². The van der Waals surface area contributed by atoms with E-state index in [0.29, 0.717) is 36.0 Å². The molecule has 0 heterocycles. The van der Waals surface area contributed by atoms with E-state index in [9.17, 15) is 9.90 Å². The highest BCUT2D eigenvalue weighted by molar-refractivity contribution is 6.03.